The lowest BCUT2D eigenvalue weighted by molar-refractivity contribution is 0.0696. The summed E-state index contributed by atoms with van der Waals surface area (Å²) in [7, 11) is -2.45. The minimum Gasteiger partial charge on any atom is -0.478 e. The highest BCUT2D eigenvalue weighted by molar-refractivity contribution is 7.88. The van der Waals surface area contributed by atoms with Crippen LogP contribution in [0, 0.1) is 5.82 Å². The third-order valence-electron chi connectivity index (χ3n) is 7.03. The first kappa shape index (κ1) is 30.3. The minimum atomic E-state index is -3.86. The fourth-order valence-corrected chi connectivity index (χ4v) is 6.16. The largest absolute Gasteiger partial charge is 0.478 e. The van der Waals surface area contributed by atoms with Crippen LogP contribution in [0.25, 0.3) is 21.9 Å². The van der Waals surface area contributed by atoms with E-state index in [2.05, 4.69) is 35.6 Å². The Bertz CT molecular complexity index is 1660. The summed E-state index contributed by atoms with van der Waals surface area (Å²) >= 11 is 0. The van der Waals surface area contributed by atoms with Gasteiger partial charge in [-0.25, -0.2) is 21.9 Å². The molecule has 0 saturated carbocycles. The molecule has 0 aliphatic heterocycles. The zero-order chi connectivity index (χ0) is 29.8. The lowest BCUT2D eigenvalue weighted by atomic mass is 9.93. The Hall–Kier alpha value is -3.63. The molecule has 4 aromatic rings. The van der Waals surface area contributed by atoms with E-state index in [1.165, 1.54) is 24.6 Å². The van der Waals surface area contributed by atoms with Crippen molar-refractivity contribution in [1.82, 2.24) is 9.62 Å². The number of nitrogens with one attached hydrogen (secondary N) is 1. The highest BCUT2D eigenvalue weighted by Gasteiger charge is 2.25. The number of fused-ring (bicyclic) bond motifs is 1. The van der Waals surface area contributed by atoms with Crippen LogP contribution in [0.2, 0.25) is 0 Å². The van der Waals surface area contributed by atoms with Crippen LogP contribution in [-0.2, 0) is 22.2 Å². The monoisotopic (exact) mass is 578 g/mol. The van der Waals surface area contributed by atoms with Gasteiger partial charge in [0, 0.05) is 25.7 Å². The molecule has 3 N–H and O–H groups in total. The van der Waals surface area contributed by atoms with Crippen molar-refractivity contribution in [1.29, 1.82) is 0 Å². The van der Waals surface area contributed by atoms with E-state index in [0.717, 1.165) is 27.7 Å². The second-order valence-corrected chi connectivity index (χ2v) is 13.1. The predicted molar refractivity (Wildman–Crippen MR) is 160 cm³/mol. The van der Waals surface area contributed by atoms with Gasteiger partial charge in [0.1, 0.15) is 5.82 Å². The molecule has 0 aliphatic rings. The van der Waals surface area contributed by atoms with Crippen LogP contribution >= 0.6 is 0 Å². The SMILES string of the molecule is CN(C[C@H](O)CNC(C)(C)Cc1ccc2ccccc2c1)S(=O)(=O)Cc1ccccc1-c1cc(F)cc(C(=O)O)c1. The standard InChI is InChI=1S/C32H35FN2O5S/c1-32(2,18-22-12-13-23-8-4-5-9-24(23)14-22)34-19-29(36)20-35(3)41(39,40)21-25-10-6-7-11-30(25)26-15-27(31(37)38)17-28(33)16-26/h4-17,29,34,36H,18-21H2,1-3H3,(H,37,38)/t29-/m1/s1. The molecular weight excluding hydrogens is 543 g/mol. The van der Waals surface area contributed by atoms with Crippen LogP contribution in [0.4, 0.5) is 4.39 Å². The summed E-state index contributed by atoms with van der Waals surface area (Å²) in [5, 5.41) is 25.7. The number of carboxylic acids is 1. The van der Waals surface area contributed by atoms with E-state index >= 15 is 0 Å². The smallest absolute Gasteiger partial charge is 0.335 e. The van der Waals surface area contributed by atoms with E-state index in [9.17, 15) is 27.8 Å². The van der Waals surface area contributed by atoms with Gasteiger partial charge in [0.25, 0.3) is 0 Å². The molecule has 216 valence electrons. The number of carbonyl (C=O) groups is 1. The molecule has 4 rings (SSSR count). The third-order valence-corrected chi connectivity index (χ3v) is 8.80. The van der Waals surface area contributed by atoms with E-state index in [-0.39, 0.29) is 29.8 Å². The van der Waals surface area contributed by atoms with Crippen LogP contribution in [-0.4, -0.2) is 60.7 Å². The van der Waals surface area contributed by atoms with Crippen molar-refractivity contribution < 1.29 is 27.8 Å². The summed E-state index contributed by atoms with van der Waals surface area (Å²) in [5.74, 6) is -2.40. The van der Waals surface area contributed by atoms with Gasteiger partial charge < -0.3 is 15.5 Å². The number of hydrogen-bond donors (Lipinski definition) is 3. The molecule has 0 bridgehead atoms. The second-order valence-electron chi connectivity index (χ2n) is 11.0. The molecule has 0 fully saturated rings. The summed E-state index contributed by atoms with van der Waals surface area (Å²) in [6.07, 6.45) is -0.235. The van der Waals surface area contributed by atoms with Crippen molar-refractivity contribution in [3.05, 3.63) is 107 Å². The van der Waals surface area contributed by atoms with Crippen LogP contribution in [0.15, 0.2) is 84.9 Å². The van der Waals surface area contributed by atoms with Crippen molar-refractivity contribution in [3.63, 3.8) is 0 Å². The molecule has 0 aliphatic carbocycles. The molecule has 7 nitrogen and oxygen atoms in total. The number of halogens is 1. The average molecular weight is 579 g/mol. The van der Waals surface area contributed by atoms with Crippen LogP contribution < -0.4 is 5.32 Å². The maximum atomic E-state index is 14.1. The fraction of sp³-hybridized carbons (Fsp3) is 0.281. The highest BCUT2D eigenvalue weighted by Crippen LogP contribution is 2.28. The van der Waals surface area contributed by atoms with Crippen LogP contribution in [0.1, 0.15) is 35.3 Å². The lowest BCUT2D eigenvalue weighted by Crippen LogP contribution is -2.47. The van der Waals surface area contributed by atoms with Crippen molar-refractivity contribution in [2.75, 3.05) is 20.1 Å². The Morgan fingerprint density at radius 1 is 0.976 bits per heavy atom. The Labute approximate surface area is 240 Å². The molecule has 4 aromatic carbocycles. The number of likely N-dealkylation sites (N-methyl/N-ethyl adjacent to an activating group) is 1. The highest BCUT2D eigenvalue weighted by atomic mass is 32.2. The molecule has 0 radical (unpaired) electrons. The Morgan fingerprint density at radius 3 is 2.39 bits per heavy atom. The number of hydrogen-bond acceptors (Lipinski definition) is 5. The summed E-state index contributed by atoms with van der Waals surface area (Å²) in [4.78, 5) is 11.4. The summed E-state index contributed by atoms with van der Waals surface area (Å²) in [5.41, 5.74) is 1.67. The lowest BCUT2D eigenvalue weighted by Gasteiger charge is -2.29. The molecule has 0 unspecified atom stereocenters. The first-order valence-corrected chi connectivity index (χ1v) is 14.9. The van der Waals surface area contributed by atoms with Gasteiger partial charge in [-0.15, -0.1) is 0 Å². The van der Waals surface area contributed by atoms with Crippen molar-refractivity contribution >= 4 is 26.8 Å². The van der Waals surface area contributed by atoms with Gasteiger partial charge in [0.05, 0.1) is 17.4 Å². The number of rotatable bonds is 12. The molecule has 0 amide bonds. The molecule has 1 atom stereocenters. The zero-order valence-electron chi connectivity index (χ0n) is 23.3. The number of benzene rings is 4. The maximum Gasteiger partial charge on any atom is 0.335 e. The van der Waals surface area contributed by atoms with Gasteiger partial charge in [-0.05, 0) is 71.5 Å². The Morgan fingerprint density at radius 2 is 1.66 bits per heavy atom. The number of aliphatic hydroxyl groups is 1. The van der Waals surface area contributed by atoms with E-state index in [1.807, 2.05) is 26.0 Å². The number of carboxylic acid groups (broad SMARTS) is 1. The second kappa shape index (κ2) is 12.5. The zero-order valence-corrected chi connectivity index (χ0v) is 24.2. The Kier molecular flexibility index (Phi) is 9.24. The number of β-amino-alcohol motifs (C(OH)–C–C–N with tert-alkyl or cyclic N) is 1. The summed E-state index contributed by atoms with van der Waals surface area (Å²) in [6, 6.07) is 24.5. The van der Waals surface area contributed by atoms with Gasteiger partial charge in [-0.1, -0.05) is 66.7 Å². The quantitative estimate of drug-likeness (QED) is 0.217. The number of aliphatic hydroxyl groups excluding tert-OH is 1. The van der Waals surface area contributed by atoms with E-state index in [0.29, 0.717) is 11.1 Å². The van der Waals surface area contributed by atoms with Gasteiger partial charge in [0.2, 0.25) is 10.0 Å². The first-order valence-electron chi connectivity index (χ1n) is 13.3. The van der Waals surface area contributed by atoms with Crippen molar-refractivity contribution in [3.8, 4) is 11.1 Å². The van der Waals surface area contributed by atoms with E-state index in [4.69, 9.17) is 0 Å². The number of aromatic carboxylic acids is 1. The fourth-order valence-electron chi connectivity index (χ4n) is 4.89. The molecule has 0 aromatic heterocycles. The maximum absolute atomic E-state index is 14.1. The van der Waals surface area contributed by atoms with Gasteiger partial charge in [-0.2, -0.15) is 0 Å². The summed E-state index contributed by atoms with van der Waals surface area (Å²) in [6.45, 7) is 4.15. The van der Waals surface area contributed by atoms with Crippen LogP contribution in [0.5, 0.6) is 0 Å². The molecule has 0 spiro atoms. The number of sulfonamides is 1. The normalized spacial score (nSPS) is 13.0. The predicted octanol–water partition coefficient (Wildman–Crippen LogP) is 5.08. The van der Waals surface area contributed by atoms with E-state index < -0.39 is 33.7 Å². The van der Waals surface area contributed by atoms with Crippen LogP contribution in [0.3, 0.4) is 0 Å². The average Bonchev–Trinajstić information content (AvgIpc) is 2.91. The molecule has 0 heterocycles. The third kappa shape index (κ3) is 7.98. The topological polar surface area (TPSA) is 107 Å². The van der Waals surface area contributed by atoms with Gasteiger partial charge in [-0.3, -0.25) is 0 Å². The Balaban J connectivity index is 1.39. The molecule has 0 saturated heterocycles. The van der Waals surface area contributed by atoms with Gasteiger partial charge in [0.15, 0.2) is 0 Å². The minimum absolute atomic E-state index is 0.118. The number of nitrogens with zero attached hydrogens (tertiary/aromatic N) is 1. The van der Waals surface area contributed by atoms with Gasteiger partial charge >= 0.3 is 5.97 Å². The van der Waals surface area contributed by atoms with Crippen molar-refractivity contribution in [2.24, 2.45) is 0 Å². The van der Waals surface area contributed by atoms with Crippen molar-refractivity contribution in [2.45, 2.75) is 37.7 Å². The molecular formula is C32H35FN2O5S. The van der Waals surface area contributed by atoms with E-state index in [1.54, 1.807) is 24.3 Å². The molecule has 9 heteroatoms. The first-order chi connectivity index (χ1) is 19.3. The molecule has 41 heavy (non-hydrogen) atoms. The summed E-state index contributed by atoms with van der Waals surface area (Å²) < 4.78 is 41.7.